The second-order valence-electron chi connectivity index (χ2n) is 8.38. The number of rotatable bonds is 6. The van der Waals surface area contributed by atoms with Gasteiger partial charge in [-0.2, -0.15) is 0 Å². The zero-order valence-corrected chi connectivity index (χ0v) is 19.4. The monoisotopic (exact) mass is 476 g/mol. The summed E-state index contributed by atoms with van der Waals surface area (Å²) in [5.41, 5.74) is 3.33. The Morgan fingerprint density at radius 2 is 2.09 bits per heavy atom. The van der Waals surface area contributed by atoms with Crippen LogP contribution in [0.25, 0.3) is 22.4 Å². The van der Waals surface area contributed by atoms with E-state index in [-0.39, 0.29) is 18.3 Å². The van der Waals surface area contributed by atoms with Crippen LogP contribution < -0.4 is 10.1 Å². The van der Waals surface area contributed by atoms with E-state index in [1.807, 2.05) is 37.3 Å². The van der Waals surface area contributed by atoms with Gasteiger partial charge in [0.1, 0.15) is 17.4 Å². The van der Waals surface area contributed by atoms with Gasteiger partial charge in [-0.3, -0.25) is 4.79 Å². The lowest BCUT2D eigenvalue weighted by molar-refractivity contribution is -0.131. The number of aryl methyl sites for hydroxylation is 1. The molecule has 1 amide bonds. The topological polar surface area (TPSA) is 105 Å². The highest BCUT2D eigenvalue weighted by molar-refractivity contribution is 5.92. The molecular formula is C25H25FN6O3. The van der Waals surface area contributed by atoms with Crippen molar-refractivity contribution < 1.29 is 18.7 Å². The van der Waals surface area contributed by atoms with Crippen molar-refractivity contribution in [2.75, 3.05) is 32.2 Å². The first kappa shape index (κ1) is 22.7. The molecule has 0 bridgehead atoms. The Morgan fingerprint density at radius 1 is 1.26 bits per heavy atom. The number of anilines is 1. The van der Waals surface area contributed by atoms with Gasteiger partial charge in [-0.15, -0.1) is 0 Å². The van der Waals surface area contributed by atoms with E-state index in [0.29, 0.717) is 36.7 Å². The molecule has 1 atom stereocenters. The summed E-state index contributed by atoms with van der Waals surface area (Å²) in [6.07, 6.45) is 4.60. The molecule has 0 saturated carbocycles. The second kappa shape index (κ2) is 9.67. The quantitative estimate of drug-likeness (QED) is 0.440. The fourth-order valence-electron chi connectivity index (χ4n) is 4.05. The molecule has 0 radical (unpaired) electrons. The number of halogens is 1. The number of amides is 1. The number of ether oxygens (including phenoxy) is 2. The van der Waals surface area contributed by atoms with E-state index >= 15 is 0 Å². The number of benzene rings is 1. The molecule has 1 saturated heterocycles. The number of methoxy groups -OCH3 is 1. The number of carbonyl (C=O) groups excluding carboxylic acids is 1. The van der Waals surface area contributed by atoms with Crippen molar-refractivity contribution in [3.8, 4) is 17.1 Å². The van der Waals surface area contributed by atoms with Crippen LogP contribution in [0, 0.1) is 12.7 Å². The number of fused-ring (bicyclic) bond motifs is 1. The largest absolute Gasteiger partial charge is 0.497 e. The van der Waals surface area contributed by atoms with Gasteiger partial charge in [0, 0.05) is 36.4 Å². The van der Waals surface area contributed by atoms with Crippen molar-refractivity contribution in [2.45, 2.75) is 19.5 Å². The van der Waals surface area contributed by atoms with Gasteiger partial charge in [0.05, 0.1) is 26.5 Å². The molecule has 0 unspecified atom stereocenters. The molecule has 1 aliphatic heterocycles. The molecule has 1 fully saturated rings. The molecular weight excluding hydrogens is 451 g/mol. The molecule has 0 spiro atoms. The highest BCUT2D eigenvalue weighted by Crippen LogP contribution is 2.27. The summed E-state index contributed by atoms with van der Waals surface area (Å²) in [4.78, 5) is 31.0. The molecule has 35 heavy (non-hydrogen) atoms. The van der Waals surface area contributed by atoms with Gasteiger partial charge in [-0.25, -0.2) is 19.3 Å². The Labute approximate surface area is 201 Å². The van der Waals surface area contributed by atoms with Crippen LogP contribution in [-0.2, 0) is 16.1 Å². The summed E-state index contributed by atoms with van der Waals surface area (Å²) < 4.78 is 25.5. The third kappa shape index (κ3) is 4.78. The van der Waals surface area contributed by atoms with Crippen molar-refractivity contribution >= 4 is 22.8 Å². The minimum absolute atomic E-state index is 0.0572. The number of hydrogen-bond donors (Lipinski definition) is 2. The number of aromatic amines is 1. The van der Waals surface area contributed by atoms with Crippen LogP contribution in [-0.4, -0.2) is 63.7 Å². The SMILES string of the molecule is COc1ccc(CN2CCOC[C@H](Nc3nc(-c4c[nH]c5ncc(C)cc45)ncc3F)C2=O)cc1. The summed E-state index contributed by atoms with van der Waals surface area (Å²) in [6.45, 7) is 3.27. The van der Waals surface area contributed by atoms with Crippen LogP contribution in [0.4, 0.5) is 10.2 Å². The van der Waals surface area contributed by atoms with Crippen LogP contribution in [0.2, 0.25) is 0 Å². The van der Waals surface area contributed by atoms with E-state index in [9.17, 15) is 9.18 Å². The van der Waals surface area contributed by atoms with E-state index in [1.54, 1.807) is 24.4 Å². The number of pyridine rings is 1. The van der Waals surface area contributed by atoms with Gasteiger partial charge in [0.2, 0.25) is 5.91 Å². The molecule has 10 heteroatoms. The van der Waals surface area contributed by atoms with Crippen LogP contribution in [0.1, 0.15) is 11.1 Å². The average molecular weight is 477 g/mol. The highest BCUT2D eigenvalue weighted by atomic mass is 19.1. The van der Waals surface area contributed by atoms with E-state index < -0.39 is 11.9 Å². The normalized spacial score (nSPS) is 16.4. The fourth-order valence-corrected chi connectivity index (χ4v) is 4.05. The van der Waals surface area contributed by atoms with Gasteiger partial charge in [-0.05, 0) is 36.2 Å². The van der Waals surface area contributed by atoms with E-state index in [4.69, 9.17) is 9.47 Å². The first-order valence-corrected chi connectivity index (χ1v) is 11.2. The molecule has 9 nitrogen and oxygen atoms in total. The molecule has 1 aliphatic rings. The maximum atomic E-state index is 14.7. The smallest absolute Gasteiger partial charge is 0.247 e. The summed E-state index contributed by atoms with van der Waals surface area (Å²) in [7, 11) is 1.61. The Morgan fingerprint density at radius 3 is 2.89 bits per heavy atom. The van der Waals surface area contributed by atoms with Crippen molar-refractivity contribution in [1.29, 1.82) is 0 Å². The van der Waals surface area contributed by atoms with E-state index in [0.717, 1.165) is 28.5 Å². The minimum atomic E-state index is -0.792. The van der Waals surface area contributed by atoms with Crippen LogP contribution >= 0.6 is 0 Å². The second-order valence-corrected chi connectivity index (χ2v) is 8.38. The predicted octanol–water partition coefficient (Wildman–Crippen LogP) is 3.32. The lowest BCUT2D eigenvalue weighted by atomic mass is 10.1. The third-order valence-electron chi connectivity index (χ3n) is 5.90. The molecule has 4 aromatic rings. The Kier molecular flexibility index (Phi) is 6.28. The lowest BCUT2D eigenvalue weighted by Gasteiger charge is -2.24. The predicted molar refractivity (Wildman–Crippen MR) is 128 cm³/mol. The van der Waals surface area contributed by atoms with Crippen LogP contribution in [0.15, 0.2) is 48.9 Å². The maximum Gasteiger partial charge on any atom is 0.247 e. The Balaban J connectivity index is 1.38. The first-order chi connectivity index (χ1) is 17.0. The molecule has 4 heterocycles. The molecule has 2 N–H and O–H groups in total. The highest BCUT2D eigenvalue weighted by Gasteiger charge is 2.29. The van der Waals surface area contributed by atoms with Crippen molar-refractivity contribution in [2.24, 2.45) is 0 Å². The molecule has 180 valence electrons. The first-order valence-electron chi connectivity index (χ1n) is 11.2. The molecule has 1 aromatic carbocycles. The van der Waals surface area contributed by atoms with Crippen molar-refractivity contribution in [3.05, 3.63) is 65.9 Å². The number of nitrogens with one attached hydrogen (secondary N) is 2. The zero-order valence-electron chi connectivity index (χ0n) is 19.4. The number of carbonyl (C=O) groups is 1. The maximum absolute atomic E-state index is 14.7. The van der Waals surface area contributed by atoms with Crippen LogP contribution in [0.3, 0.4) is 0 Å². The fraction of sp³-hybridized carbons (Fsp3) is 0.280. The summed E-state index contributed by atoms with van der Waals surface area (Å²) in [6, 6.07) is 8.70. The summed E-state index contributed by atoms with van der Waals surface area (Å²) in [5, 5.41) is 3.78. The van der Waals surface area contributed by atoms with Gasteiger partial charge < -0.3 is 24.7 Å². The summed E-state index contributed by atoms with van der Waals surface area (Å²) >= 11 is 0. The van der Waals surface area contributed by atoms with Gasteiger partial charge in [0.25, 0.3) is 0 Å². The number of hydrogen-bond acceptors (Lipinski definition) is 7. The third-order valence-corrected chi connectivity index (χ3v) is 5.90. The standard InChI is InChI=1S/C25H25FN6O3/c1-15-9-18-19(11-28-22(18)27-10-15)23-29-12-20(26)24(31-23)30-21-14-35-8-7-32(25(21)33)13-16-3-5-17(34-2)6-4-16/h3-6,9-12,21H,7-8,13-14H2,1-2H3,(H,27,28)(H,29,30,31)/t21-/m0/s1. The number of H-pyrrole nitrogens is 1. The van der Waals surface area contributed by atoms with Gasteiger partial charge in [0.15, 0.2) is 17.5 Å². The van der Waals surface area contributed by atoms with Gasteiger partial charge >= 0.3 is 0 Å². The minimum Gasteiger partial charge on any atom is -0.497 e. The molecule has 0 aliphatic carbocycles. The number of nitrogens with zero attached hydrogens (tertiary/aromatic N) is 4. The molecule has 3 aromatic heterocycles. The van der Waals surface area contributed by atoms with E-state index in [2.05, 4.69) is 25.3 Å². The van der Waals surface area contributed by atoms with Crippen LogP contribution in [0.5, 0.6) is 5.75 Å². The Bertz CT molecular complexity index is 1360. The lowest BCUT2D eigenvalue weighted by Crippen LogP contribution is -2.43. The van der Waals surface area contributed by atoms with Crippen molar-refractivity contribution in [1.82, 2.24) is 24.8 Å². The van der Waals surface area contributed by atoms with E-state index in [1.165, 1.54) is 0 Å². The van der Waals surface area contributed by atoms with Gasteiger partial charge in [-0.1, -0.05) is 12.1 Å². The summed E-state index contributed by atoms with van der Waals surface area (Å²) in [5.74, 6) is 0.171. The van der Waals surface area contributed by atoms with Crippen molar-refractivity contribution in [3.63, 3.8) is 0 Å². The Hall–Kier alpha value is -4.05. The average Bonchev–Trinajstić information content (AvgIpc) is 3.21. The zero-order chi connectivity index (χ0) is 24.4. The molecule has 5 rings (SSSR count). The number of aromatic nitrogens is 4.